The predicted molar refractivity (Wildman–Crippen MR) is 130 cm³/mol. The number of amides is 1. The molecule has 11 heteroatoms. The van der Waals surface area contributed by atoms with Gasteiger partial charge in [-0.1, -0.05) is 26.0 Å². The van der Waals surface area contributed by atoms with Crippen LogP contribution in [0.1, 0.15) is 55.4 Å². The Morgan fingerprint density at radius 2 is 1.63 bits per heavy atom. The molecule has 1 aliphatic carbocycles. The van der Waals surface area contributed by atoms with Crippen LogP contribution in [0.5, 0.6) is 11.5 Å². The summed E-state index contributed by atoms with van der Waals surface area (Å²) in [5.74, 6) is 0.708. The van der Waals surface area contributed by atoms with E-state index in [1.165, 1.54) is 0 Å². The standard InChI is InChI=1S/C27H32F6N2O3/c1-16(2)25(9-8-21(13-25)34-15-18-6-5-7-22(37-3)23(18)38-4)24(36)35-14-17-10-19(26(28,29)30)12-20(11-17)27(31,32)33/h5-7,10-12,16,21,34H,8-9,13-15H2,1-4H3,(H,35,36)/t21-,25+/m1/s1. The van der Waals surface area contributed by atoms with E-state index >= 15 is 0 Å². The molecular formula is C27H32F6N2O3. The van der Waals surface area contributed by atoms with Crippen molar-refractivity contribution in [1.82, 2.24) is 10.6 Å². The van der Waals surface area contributed by atoms with E-state index in [-0.39, 0.29) is 29.5 Å². The summed E-state index contributed by atoms with van der Waals surface area (Å²) < 4.78 is 90.0. The van der Waals surface area contributed by atoms with Gasteiger partial charge in [0.25, 0.3) is 0 Å². The van der Waals surface area contributed by atoms with Gasteiger partial charge in [-0.05, 0) is 55.0 Å². The summed E-state index contributed by atoms with van der Waals surface area (Å²) in [6, 6.07) is 6.85. The number of carbonyl (C=O) groups is 1. The first-order valence-corrected chi connectivity index (χ1v) is 12.2. The molecule has 5 nitrogen and oxygen atoms in total. The maximum Gasteiger partial charge on any atom is 0.416 e. The molecule has 2 atom stereocenters. The Morgan fingerprint density at radius 1 is 1.00 bits per heavy atom. The number of alkyl halides is 6. The summed E-state index contributed by atoms with van der Waals surface area (Å²) in [6.07, 6.45) is -8.22. The molecule has 0 bridgehead atoms. The molecule has 0 heterocycles. The fourth-order valence-corrected chi connectivity index (χ4v) is 5.07. The van der Waals surface area contributed by atoms with Crippen molar-refractivity contribution in [1.29, 1.82) is 0 Å². The lowest BCUT2D eigenvalue weighted by Crippen LogP contribution is -2.43. The second kappa shape index (κ2) is 11.4. The summed E-state index contributed by atoms with van der Waals surface area (Å²) in [7, 11) is 3.10. The van der Waals surface area contributed by atoms with E-state index in [0.717, 1.165) is 5.56 Å². The first kappa shape index (κ1) is 29.6. The van der Waals surface area contributed by atoms with Crippen LogP contribution in [0.25, 0.3) is 0 Å². The quantitative estimate of drug-likeness (QED) is 0.361. The van der Waals surface area contributed by atoms with Gasteiger partial charge in [0.05, 0.1) is 30.8 Å². The lowest BCUT2D eigenvalue weighted by atomic mass is 9.74. The van der Waals surface area contributed by atoms with Gasteiger partial charge in [0.1, 0.15) is 0 Å². The van der Waals surface area contributed by atoms with E-state index in [4.69, 9.17) is 9.47 Å². The third-order valence-electron chi connectivity index (χ3n) is 7.27. The van der Waals surface area contributed by atoms with Crippen molar-refractivity contribution in [3.05, 3.63) is 58.7 Å². The number of benzene rings is 2. The number of para-hydroxylation sites is 1. The van der Waals surface area contributed by atoms with E-state index in [1.54, 1.807) is 20.3 Å². The summed E-state index contributed by atoms with van der Waals surface area (Å²) >= 11 is 0. The smallest absolute Gasteiger partial charge is 0.416 e. The molecule has 3 rings (SSSR count). The zero-order valence-corrected chi connectivity index (χ0v) is 21.6. The number of nitrogens with one attached hydrogen (secondary N) is 2. The molecule has 1 aliphatic rings. The van der Waals surface area contributed by atoms with Gasteiger partial charge in [-0.3, -0.25) is 4.79 Å². The third-order valence-corrected chi connectivity index (χ3v) is 7.27. The van der Waals surface area contributed by atoms with E-state index in [0.29, 0.717) is 49.4 Å². The van der Waals surface area contributed by atoms with Crippen molar-refractivity contribution in [3.63, 3.8) is 0 Å². The van der Waals surface area contributed by atoms with Crippen molar-refractivity contribution in [2.24, 2.45) is 11.3 Å². The van der Waals surface area contributed by atoms with Gasteiger partial charge in [-0.25, -0.2) is 0 Å². The SMILES string of the molecule is COc1cccc(CN[C@@H]2CC[C@@](C(=O)NCc3cc(C(F)(F)F)cc(C(F)(F)F)c3)(C(C)C)C2)c1OC. The van der Waals surface area contributed by atoms with Gasteiger partial charge in [0, 0.05) is 24.7 Å². The van der Waals surface area contributed by atoms with Crippen molar-refractivity contribution in [2.45, 2.75) is 64.6 Å². The Bertz CT molecular complexity index is 1100. The molecule has 0 aliphatic heterocycles. The Morgan fingerprint density at radius 3 is 2.16 bits per heavy atom. The molecule has 0 saturated heterocycles. The van der Waals surface area contributed by atoms with Gasteiger partial charge in [0.15, 0.2) is 11.5 Å². The molecule has 2 aromatic carbocycles. The molecule has 2 aromatic rings. The minimum Gasteiger partial charge on any atom is -0.493 e. The van der Waals surface area contributed by atoms with Crippen LogP contribution in [-0.4, -0.2) is 26.2 Å². The zero-order valence-electron chi connectivity index (χ0n) is 21.6. The van der Waals surface area contributed by atoms with Crippen molar-refractivity contribution in [3.8, 4) is 11.5 Å². The fourth-order valence-electron chi connectivity index (χ4n) is 5.07. The van der Waals surface area contributed by atoms with Gasteiger partial charge in [-0.2, -0.15) is 26.3 Å². The van der Waals surface area contributed by atoms with Crippen LogP contribution < -0.4 is 20.1 Å². The molecule has 1 saturated carbocycles. The Labute approximate surface area is 217 Å². The van der Waals surface area contributed by atoms with Gasteiger partial charge >= 0.3 is 12.4 Å². The first-order valence-electron chi connectivity index (χ1n) is 12.2. The highest BCUT2D eigenvalue weighted by Gasteiger charge is 2.47. The van der Waals surface area contributed by atoms with Crippen molar-refractivity contribution >= 4 is 5.91 Å². The minimum atomic E-state index is -4.95. The number of methoxy groups -OCH3 is 2. The molecule has 0 unspecified atom stereocenters. The van der Waals surface area contributed by atoms with E-state index in [9.17, 15) is 31.1 Å². The molecule has 210 valence electrons. The van der Waals surface area contributed by atoms with Crippen LogP contribution in [0.3, 0.4) is 0 Å². The maximum absolute atomic E-state index is 13.3. The molecular weight excluding hydrogens is 514 g/mol. The summed E-state index contributed by atoms with van der Waals surface area (Å²) in [6.45, 7) is 3.79. The molecule has 0 spiro atoms. The molecule has 0 radical (unpaired) electrons. The van der Waals surface area contributed by atoms with Crippen LogP contribution in [0.15, 0.2) is 36.4 Å². The van der Waals surface area contributed by atoms with Crippen LogP contribution in [0, 0.1) is 11.3 Å². The number of ether oxygens (including phenoxy) is 2. The van der Waals surface area contributed by atoms with Gasteiger partial charge < -0.3 is 20.1 Å². The third kappa shape index (κ3) is 6.54. The average molecular weight is 547 g/mol. The minimum absolute atomic E-state index is 0.0237. The number of rotatable bonds is 9. The maximum atomic E-state index is 13.3. The molecule has 1 amide bonds. The molecule has 0 aromatic heterocycles. The van der Waals surface area contributed by atoms with Gasteiger partial charge in [-0.15, -0.1) is 0 Å². The second-order valence-electron chi connectivity index (χ2n) is 9.88. The molecule has 2 N–H and O–H groups in total. The lowest BCUT2D eigenvalue weighted by Gasteiger charge is -2.32. The summed E-state index contributed by atoms with van der Waals surface area (Å²) in [4.78, 5) is 13.3. The Kier molecular flexibility index (Phi) is 8.90. The van der Waals surface area contributed by atoms with Crippen LogP contribution in [0.2, 0.25) is 0 Å². The Hall–Kier alpha value is -2.95. The molecule has 1 fully saturated rings. The molecule has 38 heavy (non-hydrogen) atoms. The highest BCUT2D eigenvalue weighted by molar-refractivity contribution is 5.83. The van der Waals surface area contributed by atoms with Crippen molar-refractivity contribution in [2.75, 3.05) is 14.2 Å². The number of halogens is 6. The highest BCUT2D eigenvalue weighted by atomic mass is 19.4. The monoisotopic (exact) mass is 546 g/mol. The number of carbonyl (C=O) groups excluding carboxylic acids is 1. The largest absolute Gasteiger partial charge is 0.493 e. The van der Waals surface area contributed by atoms with E-state index < -0.39 is 35.4 Å². The summed E-state index contributed by atoms with van der Waals surface area (Å²) in [5.41, 5.74) is -3.02. The Balaban J connectivity index is 1.72. The summed E-state index contributed by atoms with van der Waals surface area (Å²) in [5, 5.41) is 6.05. The predicted octanol–water partition coefficient (Wildman–Crippen LogP) is 6.34. The highest BCUT2D eigenvalue weighted by Crippen LogP contribution is 2.45. The fraction of sp³-hybridized carbons (Fsp3) is 0.519. The topological polar surface area (TPSA) is 59.6 Å². The van der Waals surface area contributed by atoms with Gasteiger partial charge in [0.2, 0.25) is 5.91 Å². The second-order valence-corrected chi connectivity index (χ2v) is 9.88. The van der Waals surface area contributed by atoms with Crippen LogP contribution in [0.4, 0.5) is 26.3 Å². The zero-order chi connectivity index (χ0) is 28.3. The van der Waals surface area contributed by atoms with Crippen LogP contribution >= 0.6 is 0 Å². The van der Waals surface area contributed by atoms with Crippen molar-refractivity contribution < 1.29 is 40.6 Å². The first-order chi connectivity index (χ1) is 17.7. The number of hydrogen-bond donors (Lipinski definition) is 2. The van der Waals surface area contributed by atoms with E-state index in [2.05, 4.69) is 10.6 Å². The average Bonchev–Trinajstić information content (AvgIpc) is 3.30. The lowest BCUT2D eigenvalue weighted by molar-refractivity contribution is -0.143. The van der Waals surface area contributed by atoms with Crippen LogP contribution in [-0.2, 0) is 30.2 Å². The number of hydrogen-bond acceptors (Lipinski definition) is 4. The normalized spacial score (nSPS) is 20.0. The van der Waals surface area contributed by atoms with E-state index in [1.807, 2.05) is 26.0 Å².